The lowest BCUT2D eigenvalue weighted by atomic mass is 10.1. The van der Waals surface area contributed by atoms with Gasteiger partial charge in [-0.2, -0.15) is 0 Å². The maximum Gasteiger partial charge on any atom is 0.338 e. The van der Waals surface area contributed by atoms with E-state index in [4.69, 9.17) is 16.3 Å². The van der Waals surface area contributed by atoms with Gasteiger partial charge < -0.3 is 10.1 Å². The molecule has 2 rings (SSSR count). The predicted molar refractivity (Wildman–Crippen MR) is 93.0 cm³/mol. The minimum Gasteiger partial charge on any atom is -0.452 e. The molecular weight excluding hydrogens is 368 g/mol. The summed E-state index contributed by atoms with van der Waals surface area (Å²) in [6.07, 6.45) is 1.56. The minimum absolute atomic E-state index is 0.00382. The highest BCUT2D eigenvalue weighted by Gasteiger charge is 2.30. The van der Waals surface area contributed by atoms with Crippen LogP contribution < -0.4 is 10.0 Å². The topological polar surface area (TPSA) is 102 Å². The third-order valence-corrected chi connectivity index (χ3v) is 5.21. The van der Waals surface area contributed by atoms with Gasteiger partial charge in [-0.05, 0) is 51.8 Å². The molecule has 138 valence electrons. The van der Waals surface area contributed by atoms with Crippen molar-refractivity contribution in [1.29, 1.82) is 0 Å². The summed E-state index contributed by atoms with van der Waals surface area (Å²) in [5, 5.41) is 2.67. The molecule has 2 N–H and O–H groups in total. The Hall–Kier alpha value is -1.64. The summed E-state index contributed by atoms with van der Waals surface area (Å²) in [7, 11) is -3.81. The largest absolute Gasteiger partial charge is 0.452 e. The molecule has 1 aliphatic rings. The van der Waals surface area contributed by atoms with E-state index in [2.05, 4.69) is 10.0 Å². The zero-order valence-corrected chi connectivity index (χ0v) is 15.8. The molecular formula is C16H21ClN2O5S. The van der Waals surface area contributed by atoms with Crippen molar-refractivity contribution in [3.63, 3.8) is 0 Å². The van der Waals surface area contributed by atoms with Gasteiger partial charge in [0.25, 0.3) is 5.91 Å². The molecule has 0 aromatic heterocycles. The molecule has 0 aliphatic heterocycles. The first-order chi connectivity index (χ1) is 11.5. The lowest BCUT2D eigenvalue weighted by molar-refractivity contribution is -0.125. The smallest absolute Gasteiger partial charge is 0.338 e. The van der Waals surface area contributed by atoms with Crippen LogP contribution in [0.15, 0.2) is 23.1 Å². The van der Waals surface area contributed by atoms with Crippen LogP contribution in [-0.4, -0.2) is 38.5 Å². The standard InChI is InChI=1S/C16H21ClN2O5S/c1-16(2,3)18-14(20)9-24-15(21)10-4-7-12(17)13(8-10)25(22,23)19-11-5-6-11/h4,7-8,11,19H,5-6,9H2,1-3H3,(H,18,20). The minimum atomic E-state index is -3.81. The Morgan fingerprint density at radius 3 is 2.48 bits per heavy atom. The van der Waals surface area contributed by atoms with Crippen molar-refractivity contribution in [3.8, 4) is 0 Å². The molecule has 1 aromatic rings. The van der Waals surface area contributed by atoms with Gasteiger partial charge in [-0.25, -0.2) is 17.9 Å². The number of amides is 1. The van der Waals surface area contributed by atoms with Crippen LogP contribution in [-0.2, 0) is 19.6 Å². The second kappa shape index (κ2) is 7.31. The molecule has 0 spiro atoms. The normalized spacial score (nSPS) is 14.9. The van der Waals surface area contributed by atoms with Gasteiger partial charge in [0.05, 0.1) is 10.6 Å². The number of carbonyl (C=O) groups is 2. The van der Waals surface area contributed by atoms with Gasteiger partial charge in [0.2, 0.25) is 10.0 Å². The summed E-state index contributed by atoms with van der Waals surface area (Å²) in [5.41, 5.74) is -0.441. The highest BCUT2D eigenvalue weighted by molar-refractivity contribution is 7.89. The molecule has 1 saturated carbocycles. The molecule has 25 heavy (non-hydrogen) atoms. The zero-order valence-electron chi connectivity index (χ0n) is 14.3. The average molecular weight is 389 g/mol. The lowest BCUT2D eigenvalue weighted by Gasteiger charge is -2.20. The van der Waals surface area contributed by atoms with Crippen molar-refractivity contribution in [3.05, 3.63) is 28.8 Å². The number of benzene rings is 1. The van der Waals surface area contributed by atoms with E-state index in [9.17, 15) is 18.0 Å². The maximum absolute atomic E-state index is 12.3. The van der Waals surface area contributed by atoms with Crippen LogP contribution in [0, 0.1) is 0 Å². The number of rotatable bonds is 6. The summed E-state index contributed by atoms with van der Waals surface area (Å²) in [6, 6.07) is 3.73. The van der Waals surface area contributed by atoms with E-state index in [0.29, 0.717) is 0 Å². The molecule has 9 heteroatoms. The van der Waals surface area contributed by atoms with Gasteiger partial charge in [-0.1, -0.05) is 11.6 Å². The molecule has 0 atom stereocenters. The van der Waals surface area contributed by atoms with Crippen molar-refractivity contribution in [2.75, 3.05) is 6.61 Å². The van der Waals surface area contributed by atoms with Crippen LogP contribution in [0.5, 0.6) is 0 Å². The lowest BCUT2D eigenvalue weighted by Crippen LogP contribution is -2.42. The quantitative estimate of drug-likeness (QED) is 0.724. The van der Waals surface area contributed by atoms with E-state index in [1.54, 1.807) is 20.8 Å². The van der Waals surface area contributed by atoms with Gasteiger partial charge in [-0.15, -0.1) is 0 Å². The third kappa shape index (κ3) is 5.98. The van der Waals surface area contributed by atoms with Crippen molar-refractivity contribution in [2.45, 2.75) is 50.1 Å². The molecule has 1 fully saturated rings. The number of hydrogen-bond donors (Lipinski definition) is 2. The summed E-state index contributed by atoms with van der Waals surface area (Å²) >= 11 is 5.95. The molecule has 0 radical (unpaired) electrons. The van der Waals surface area contributed by atoms with Gasteiger partial charge in [-0.3, -0.25) is 4.79 Å². The third-order valence-electron chi connectivity index (χ3n) is 3.20. The van der Waals surface area contributed by atoms with Gasteiger partial charge in [0.1, 0.15) is 4.90 Å². The van der Waals surface area contributed by atoms with Crippen LogP contribution in [0.25, 0.3) is 0 Å². The van der Waals surface area contributed by atoms with E-state index in [1.807, 2.05) is 0 Å². The summed E-state index contributed by atoms with van der Waals surface area (Å²) in [6.45, 7) is 4.95. The summed E-state index contributed by atoms with van der Waals surface area (Å²) in [5.74, 6) is -1.25. The van der Waals surface area contributed by atoms with E-state index in [1.165, 1.54) is 12.1 Å². The van der Waals surface area contributed by atoms with E-state index in [0.717, 1.165) is 18.9 Å². The Labute approximate surface area is 152 Å². The zero-order chi connectivity index (χ0) is 18.8. The fraction of sp³-hybridized carbons (Fsp3) is 0.500. The Bertz CT molecular complexity index is 782. The predicted octanol–water partition coefficient (Wildman–Crippen LogP) is 1.85. The second-order valence-corrected chi connectivity index (χ2v) is 9.00. The van der Waals surface area contributed by atoms with E-state index in [-0.39, 0.29) is 21.5 Å². The van der Waals surface area contributed by atoms with Crippen molar-refractivity contribution < 1.29 is 22.7 Å². The first kappa shape index (κ1) is 19.7. The van der Waals surface area contributed by atoms with E-state index >= 15 is 0 Å². The number of ether oxygens (including phenoxy) is 1. The fourth-order valence-electron chi connectivity index (χ4n) is 1.99. The monoisotopic (exact) mass is 388 g/mol. The SMILES string of the molecule is CC(C)(C)NC(=O)COC(=O)c1ccc(Cl)c(S(=O)(=O)NC2CC2)c1. The van der Waals surface area contributed by atoms with Crippen LogP contribution >= 0.6 is 11.6 Å². The Morgan fingerprint density at radius 1 is 1.28 bits per heavy atom. The molecule has 0 bridgehead atoms. The summed E-state index contributed by atoms with van der Waals surface area (Å²) in [4.78, 5) is 23.6. The number of halogens is 1. The van der Waals surface area contributed by atoms with Crippen LogP contribution in [0.3, 0.4) is 0 Å². The van der Waals surface area contributed by atoms with Gasteiger partial charge in [0, 0.05) is 11.6 Å². The van der Waals surface area contributed by atoms with Crippen molar-refractivity contribution in [1.82, 2.24) is 10.0 Å². The van der Waals surface area contributed by atoms with Crippen LogP contribution in [0.2, 0.25) is 5.02 Å². The molecule has 0 unspecified atom stereocenters. The summed E-state index contributed by atoms with van der Waals surface area (Å²) < 4.78 is 32.0. The number of nitrogens with one attached hydrogen (secondary N) is 2. The van der Waals surface area contributed by atoms with Crippen molar-refractivity contribution in [2.24, 2.45) is 0 Å². The molecule has 1 amide bonds. The fourth-order valence-corrected chi connectivity index (χ4v) is 3.82. The van der Waals surface area contributed by atoms with E-state index < -0.39 is 34.0 Å². The number of hydrogen-bond acceptors (Lipinski definition) is 5. The molecule has 7 nitrogen and oxygen atoms in total. The molecule has 0 heterocycles. The number of esters is 1. The molecule has 1 aliphatic carbocycles. The highest BCUT2D eigenvalue weighted by Crippen LogP contribution is 2.27. The van der Waals surface area contributed by atoms with Crippen LogP contribution in [0.1, 0.15) is 44.0 Å². The molecule has 0 saturated heterocycles. The first-order valence-electron chi connectivity index (χ1n) is 7.78. The van der Waals surface area contributed by atoms with Gasteiger partial charge >= 0.3 is 5.97 Å². The Morgan fingerprint density at radius 2 is 1.92 bits per heavy atom. The average Bonchev–Trinajstić information content (AvgIpc) is 3.26. The Kier molecular flexibility index (Phi) is 5.75. The second-order valence-electron chi connectivity index (χ2n) is 6.92. The number of carbonyl (C=O) groups excluding carboxylic acids is 2. The maximum atomic E-state index is 12.3. The van der Waals surface area contributed by atoms with Crippen LogP contribution in [0.4, 0.5) is 0 Å². The molecule has 1 aromatic carbocycles. The Balaban J connectivity index is 2.08. The number of sulfonamides is 1. The van der Waals surface area contributed by atoms with Crippen molar-refractivity contribution >= 4 is 33.5 Å². The first-order valence-corrected chi connectivity index (χ1v) is 9.64. The van der Waals surface area contributed by atoms with Gasteiger partial charge in [0.15, 0.2) is 6.61 Å². The highest BCUT2D eigenvalue weighted by atomic mass is 35.5.